The van der Waals surface area contributed by atoms with Crippen LogP contribution in [0.1, 0.15) is 6.42 Å². The van der Waals surface area contributed by atoms with Gasteiger partial charge in [-0.15, -0.1) is 0 Å². The van der Waals surface area contributed by atoms with E-state index in [1.165, 1.54) is 0 Å². The molecule has 0 bridgehead atoms. The van der Waals surface area contributed by atoms with Crippen molar-refractivity contribution < 1.29 is 4.74 Å². The molecule has 4 heteroatoms. The predicted molar refractivity (Wildman–Crippen MR) is 67.0 cm³/mol. The van der Waals surface area contributed by atoms with Gasteiger partial charge in [0.05, 0.1) is 11.1 Å². The van der Waals surface area contributed by atoms with Crippen molar-refractivity contribution in [2.24, 2.45) is 0 Å². The first-order valence-electron chi connectivity index (χ1n) is 4.41. The van der Waals surface area contributed by atoms with Crippen molar-refractivity contribution in [1.29, 1.82) is 0 Å². The largest absolute Gasteiger partial charge is 0.492 e. The molecule has 0 amide bonds. The molecule has 14 heavy (non-hydrogen) atoms. The van der Waals surface area contributed by atoms with Gasteiger partial charge in [-0.1, -0.05) is 6.07 Å². The fraction of sp³-hybridized carbons (Fsp3) is 0.400. The molecule has 1 aromatic carbocycles. The first-order chi connectivity index (χ1) is 6.75. The molecule has 1 rings (SSSR count). The van der Waals surface area contributed by atoms with Crippen LogP contribution in [-0.2, 0) is 0 Å². The lowest BCUT2D eigenvalue weighted by Gasteiger charge is -2.08. The highest BCUT2D eigenvalue weighted by atomic mass is 79.9. The molecule has 0 aromatic heterocycles. The smallest absolute Gasteiger partial charge is 0.135 e. The molecule has 0 atom stereocenters. The Kier molecular flexibility index (Phi) is 5.19. The average molecular weight is 276 g/mol. The van der Waals surface area contributed by atoms with E-state index in [1.54, 1.807) is 0 Å². The Bertz CT molecular complexity index is 293. The Morgan fingerprint density at radius 3 is 3.00 bits per heavy atom. The summed E-state index contributed by atoms with van der Waals surface area (Å²) in [4.78, 5) is 0. The van der Waals surface area contributed by atoms with Crippen molar-refractivity contribution in [3.05, 3.63) is 22.7 Å². The van der Waals surface area contributed by atoms with E-state index in [0.29, 0.717) is 5.69 Å². The van der Waals surface area contributed by atoms with Crippen molar-refractivity contribution in [3.8, 4) is 5.75 Å². The van der Waals surface area contributed by atoms with E-state index in [9.17, 15) is 0 Å². The normalized spacial score (nSPS) is 10.1. The van der Waals surface area contributed by atoms with Crippen LogP contribution < -0.4 is 10.5 Å². The summed E-state index contributed by atoms with van der Waals surface area (Å²) < 4.78 is 6.43. The molecule has 0 fully saturated rings. The maximum Gasteiger partial charge on any atom is 0.135 e. The van der Waals surface area contributed by atoms with Crippen molar-refractivity contribution >= 4 is 33.4 Å². The summed E-state index contributed by atoms with van der Waals surface area (Å²) in [6.07, 6.45) is 3.15. The zero-order valence-corrected chi connectivity index (χ0v) is 10.5. The number of anilines is 1. The van der Waals surface area contributed by atoms with Gasteiger partial charge in [0.25, 0.3) is 0 Å². The third kappa shape index (κ3) is 3.42. The minimum atomic E-state index is 0.715. The molecule has 0 heterocycles. The lowest BCUT2D eigenvalue weighted by Crippen LogP contribution is -2.00. The summed E-state index contributed by atoms with van der Waals surface area (Å²) >= 11 is 5.22. The van der Waals surface area contributed by atoms with E-state index in [4.69, 9.17) is 10.5 Å². The fourth-order valence-corrected chi connectivity index (χ4v) is 1.81. The fourth-order valence-electron chi connectivity index (χ4n) is 1.02. The van der Waals surface area contributed by atoms with E-state index in [0.717, 1.165) is 29.0 Å². The number of rotatable bonds is 5. The first kappa shape index (κ1) is 11.7. The third-order valence-corrected chi connectivity index (χ3v) is 3.29. The number of halogens is 1. The van der Waals surface area contributed by atoms with Crippen LogP contribution in [0.5, 0.6) is 5.75 Å². The molecule has 0 unspecified atom stereocenters. The minimum Gasteiger partial charge on any atom is -0.492 e. The molecule has 0 aliphatic rings. The van der Waals surface area contributed by atoms with E-state index < -0.39 is 0 Å². The van der Waals surface area contributed by atoms with E-state index in [1.807, 2.05) is 30.0 Å². The van der Waals surface area contributed by atoms with E-state index in [2.05, 4.69) is 22.2 Å². The van der Waals surface area contributed by atoms with Crippen LogP contribution in [0.2, 0.25) is 0 Å². The van der Waals surface area contributed by atoms with Gasteiger partial charge in [0.2, 0.25) is 0 Å². The number of hydrogen-bond donors (Lipinski definition) is 1. The minimum absolute atomic E-state index is 0.715. The summed E-state index contributed by atoms with van der Waals surface area (Å²) in [6, 6.07) is 5.66. The summed E-state index contributed by atoms with van der Waals surface area (Å²) in [7, 11) is 0. The van der Waals surface area contributed by atoms with Crippen LogP contribution in [0.25, 0.3) is 0 Å². The van der Waals surface area contributed by atoms with Crippen LogP contribution in [0.15, 0.2) is 22.7 Å². The van der Waals surface area contributed by atoms with Gasteiger partial charge >= 0.3 is 0 Å². The van der Waals surface area contributed by atoms with Crippen LogP contribution in [0.4, 0.5) is 5.69 Å². The van der Waals surface area contributed by atoms with Gasteiger partial charge in [-0.05, 0) is 46.5 Å². The Hall–Kier alpha value is -0.350. The number of hydrogen-bond acceptors (Lipinski definition) is 3. The molecule has 0 aliphatic carbocycles. The number of nitrogen functional groups attached to an aromatic ring is 1. The van der Waals surface area contributed by atoms with Crippen LogP contribution >= 0.6 is 27.7 Å². The molecule has 0 radical (unpaired) electrons. The van der Waals surface area contributed by atoms with Gasteiger partial charge in [-0.3, -0.25) is 0 Å². The van der Waals surface area contributed by atoms with Gasteiger partial charge in [0.1, 0.15) is 5.75 Å². The molecular weight excluding hydrogens is 262 g/mol. The van der Waals surface area contributed by atoms with Crippen LogP contribution in [-0.4, -0.2) is 18.6 Å². The summed E-state index contributed by atoms with van der Waals surface area (Å²) in [5, 5.41) is 0. The van der Waals surface area contributed by atoms with Gasteiger partial charge < -0.3 is 10.5 Å². The van der Waals surface area contributed by atoms with Gasteiger partial charge in [-0.25, -0.2) is 0 Å². The van der Waals surface area contributed by atoms with Crippen molar-refractivity contribution in [1.82, 2.24) is 0 Å². The number of ether oxygens (including phenoxy) is 1. The molecule has 2 N–H and O–H groups in total. The summed E-state index contributed by atoms with van der Waals surface area (Å²) in [5.74, 6) is 1.95. The Labute approximate surface area is 97.3 Å². The zero-order chi connectivity index (χ0) is 10.4. The first-order valence-corrected chi connectivity index (χ1v) is 6.60. The third-order valence-electron chi connectivity index (χ3n) is 1.74. The molecule has 0 saturated carbocycles. The van der Waals surface area contributed by atoms with Crippen LogP contribution in [0.3, 0.4) is 0 Å². The second-order valence-corrected chi connectivity index (χ2v) is 4.63. The molecule has 0 aliphatic heterocycles. The number of thioether (sulfide) groups is 1. The highest BCUT2D eigenvalue weighted by Gasteiger charge is 2.02. The molecular formula is C10H14BrNOS. The van der Waals surface area contributed by atoms with Crippen molar-refractivity contribution in [2.75, 3.05) is 24.3 Å². The maximum atomic E-state index is 5.72. The summed E-state index contributed by atoms with van der Waals surface area (Å²) in [5.41, 5.74) is 6.44. The monoisotopic (exact) mass is 275 g/mol. The highest BCUT2D eigenvalue weighted by Crippen LogP contribution is 2.30. The maximum absolute atomic E-state index is 5.72. The molecule has 0 spiro atoms. The second-order valence-electron chi connectivity index (χ2n) is 2.85. The van der Waals surface area contributed by atoms with Gasteiger partial charge in [-0.2, -0.15) is 11.8 Å². The van der Waals surface area contributed by atoms with Crippen LogP contribution in [0, 0.1) is 0 Å². The Morgan fingerprint density at radius 2 is 2.29 bits per heavy atom. The quantitative estimate of drug-likeness (QED) is 0.662. The molecule has 2 nitrogen and oxygen atoms in total. The molecule has 78 valence electrons. The molecule has 1 aromatic rings. The van der Waals surface area contributed by atoms with E-state index >= 15 is 0 Å². The topological polar surface area (TPSA) is 35.2 Å². The highest BCUT2D eigenvalue weighted by molar-refractivity contribution is 9.10. The number of benzene rings is 1. The van der Waals surface area contributed by atoms with Crippen molar-refractivity contribution in [3.63, 3.8) is 0 Å². The Balaban J connectivity index is 2.46. The predicted octanol–water partition coefficient (Wildman–Crippen LogP) is 3.16. The SMILES string of the molecule is CSCCCOc1cccc(N)c1Br. The number of nitrogens with two attached hydrogens (primary N) is 1. The standard InChI is InChI=1S/C10H14BrNOS/c1-14-7-3-6-13-9-5-2-4-8(12)10(9)11/h2,4-5H,3,6-7,12H2,1H3. The van der Waals surface area contributed by atoms with Gasteiger partial charge in [0, 0.05) is 5.69 Å². The average Bonchev–Trinajstić information content (AvgIpc) is 2.19. The van der Waals surface area contributed by atoms with Crippen molar-refractivity contribution in [2.45, 2.75) is 6.42 Å². The van der Waals surface area contributed by atoms with E-state index in [-0.39, 0.29) is 0 Å². The Morgan fingerprint density at radius 1 is 1.50 bits per heavy atom. The molecule has 0 saturated heterocycles. The summed E-state index contributed by atoms with van der Waals surface area (Å²) in [6.45, 7) is 0.739. The zero-order valence-electron chi connectivity index (χ0n) is 8.13. The van der Waals surface area contributed by atoms with Gasteiger partial charge in [0.15, 0.2) is 0 Å². The second kappa shape index (κ2) is 6.19. The lowest BCUT2D eigenvalue weighted by molar-refractivity contribution is 0.317. The lowest BCUT2D eigenvalue weighted by atomic mass is 10.3.